The number of aromatic nitrogens is 2. The van der Waals surface area contributed by atoms with Crippen molar-refractivity contribution in [3.8, 4) is 0 Å². The molecule has 0 spiro atoms. The number of rotatable bonds is 8. The number of para-hydroxylation sites is 1. The Morgan fingerprint density at radius 3 is 2.27 bits per heavy atom. The lowest BCUT2D eigenvalue weighted by atomic mass is 9.75. The van der Waals surface area contributed by atoms with E-state index in [9.17, 15) is 36.5 Å². The van der Waals surface area contributed by atoms with E-state index in [2.05, 4.69) is 4.98 Å². The summed E-state index contributed by atoms with van der Waals surface area (Å²) in [5.41, 5.74) is -3.66. The van der Waals surface area contributed by atoms with Crippen LogP contribution in [0.3, 0.4) is 0 Å². The summed E-state index contributed by atoms with van der Waals surface area (Å²) in [7, 11) is -4.39. The molecule has 2 aromatic heterocycles. The third-order valence-corrected chi connectivity index (χ3v) is 7.81. The van der Waals surface area contributed by atoms with Crippen LogP contribution in [-0.2, 0) is 15.4 Å². The minimum absolute atomic E-state index is 0.111. The molecule has 12 heteroatoms. The second-order valence-corrected chi connectivity index (χ2v) is 10.4. The number of benzene rings is 2. The smallest absolute Gasteiger partial charge is 0.292 e. The maximum absolute atomic E-state index is 14.9. The number of alkyl halides is 3. The molecule has 1 atom stereocenters. The van der Waals surface area contributed by atoms with Gasteiger partial charge in [-0.2, -0.15) is 13.2 Å². The van der Waals surface area contributed by atoms with E-state index in [0.29, 0.717) is 3.97 Å². The van der Waals surface area contributed by atoms with Gasteiger partial charge in [-0.15, -0.1) is 0 Å². The van der Waals surface area contributed by atoms with Gasteiger partial charge < -0.3 is 0 Å². The van der Waals surface area contributed by atoms with Crippen molar-refractivity contribution < 1.29 is 31.3 Å². The highest BCUT2D eigenvalue weighted by atomic mass is 32.2. The molecule has 0 amide bonds. The van der Waals surface area contributed by atoms with Crippen LogP contribution >= 0.6 is 0 Å². The summed E-state index contributed by atoms with van der Waals surface area (Å²) < 4.78 is 72.2. The fourth-order valence-electron chi connectivity index (χ4n) is 4.25. The van der Waals surface area contributed by atoms with Gasteiger partial charge in [0.25, 0.3) is 10.0 Å². The van der Waals surface area contributed by atoms with E-state index in [0.717, 1.165) is 11.8 Å². The third-order valence-electron chi connectivity index (χ3n) is 6.13. The molecule has 8 nitrogen and oxygen atoms in total. The molecule has 0 bridgehead atoms. The van der Waals surface area contributed by atoms with Crippen LogP contribution in [0.5, 0.6) is 0 Å². The first-order chi connectivity index (χ1) is 17.4. The minimum Gasteiger partial charge on any atom is -0.292 e. The number of carbonyl (C=O) groups excluding carboxylic acids is 1. The number of hydrogen-bond acceptors (Lipinski definition) is 6. The summed E-state index contributed by atoms with van der Waals surface area (Å²) in [5.74, 6) is -1.07. The van der Waals surface area contributed by atoms with Crippen molar-refractivity contribution in [2.45, 2.75) is 29.8 Å². The van der Waals surface area contributed by atoms with Crippen molar-refractivity contribution in [3.05, 3.63) is 106 Å². The number of pyridine rings is 1. The first-order valence-corrected chi connectivity index (χ1v) is 12.4. The van der Waals surface area contributed by atoms with Gasteiger partial charge in [-0.3, -0.25) is 19.9 Å². The molecule has 192 valence electrons. The lowest BCUT2D eigenvalue weighted by molar-refractivity contribution is -0.501. The van der Waals surface area contributed by atoms with Crippen LogP contribution < -0.4 is 0 Å². The molecule has 0 saturated heterocycles. The Hall–Kier alpha value is -4.06. The van der Waals surface area contributed by atoms with Crippen molar-refractivity contribution in [2.75, 3.05) is 6.54 Å². The molecular weight excluding hydrogens is 511 g/mol. The number of ketones is 1. The van der Waals surface area contributed by atoms with Gasteiger partial charge in [-0.1, -0.05) is 42.0 Å². The van der Waals surface area contributed by atoms with Gasteiger partial charge in [0.2, 0.25) is 6.54 Å². The lowest BCUT2D eigenvalue weighted by Crippen LogP contribution is -2.49. The molecule has 0 N–H and O–H groups in total. The number of carbonyl (C=O) groups is 1. The Bertz CT molecular complexity index is 1580. The number of hydrogen-bond donors (Lipinski definition) is 0. The minimum atomic E-state index is -5.30. The molecular formula is C25H20F3N3O5S. The van der Waals surface area contributed by atoms with Crippen LogP contribution in [0, 0.1) is 17.0 Å². The number of fused-ring (bicyclic) bond motifs is 1. The van der Waals surface area contributed by atoms with E-state index < -0.39 is 50.9 Å². The number of halogens is 3. The Balaban J connectivity index is 2.01. The van der Waals surface area contributed by atoms with Gasteiger partial charge in [-0.25, -0.2) is 12.4 Å². The largest absolute Gasteiger partial charge is 0.405 e. The van der Waals surface area contributed by atoms with E-state index >= 15 is 0 Å². The van der Waals surface area contributed by atoms with Gasteiger partial charge in [0.1, 0.15) is 5.69 Å². The molecule has 0 unspecified atom stereocenters. The lowest BCUT2D eigenvalue weighted by Gasteiger charge is -2.31. The zero-order valence-corrected chi connectivity index (χ0v) is 20.2. The maximum atomic E-state index is 14.9. The molecule has 0 saturated carbocycles. The van der Waals surface area contributed by atoms with Crippen molar-refractivity contribution in [3.63, 3.8) is 0 Å². The summed E-state index contributed by atoms with van der Waals surface area (Å²) in [6.45, 7) is 0.0567. The summed E-state index contributed by atoms with van der Waals surface area (Å²) in [4.78, 5) is 27.0. The summed E-state index contributed by atoms with van der Waals surface area (Å²) >= 11 is 0. The summed E-state index contributed by atoms with van der Waals surface area (Å²) in [6.07, 6.45) is -4.68. The van der Waals surface area contributed by atoms with Gasteiger partial charge in [0, 0.05) is 34.7 Å². The number of Topliss-reactive ketones (excluding diaryl/α,β-unsaturated/α-hetero) is 1. The zero-order valence-electron chi connectivity index (χ0n) is 19.3. The normalized spacial score (nSPS) is 13.8. The van der Waals surface area contributed by atoms with Gasteiger partial charge in [0.15, 0.2) is 11.2 Å². The number of nitrogens with zero attached hydrogens (tertiary/aromatic N) is 3. The van der Waals surface area contributed by atoms with Gasteiger partial charge >= 0.3 is 6.18 Å². The Labute approximate surface area is 209 Å². The van der Waals surface area contributed by atoms with Crippen molar-refractivity contribution >= 4 is 26.7 Å². The van der Waals surface area contributed by atoms with E-state index in [1.165, 1.54) is 72.9 Å². The maximum Gasteiger partial charge on any atom is 0.405 e. The molecule has 0 aliphatic carbocycles. The Kier molecular flexibility index (Phi) is 6.63. The second-order valence-electron chi connectivity index (χ2n) is 8.56. The van der Waals surface area contributed by atoms with Crippen LogP contribution in [0.4, 0.5) is 13.2 Å². The van der Waals surface area contributed by atoms with E-state index in [-0.39, 0.29) is 21.5 Å². The second kappa shape index (κ2) is 9.43. The van der Waals surface area contributed by atoms with Gasteiger partial charge in [0.05, 0.1) is 10.4 Å². The molecule has 4 aromatic rings. The Morgan fingerprint density at radius 1 is 1.03 bits per heavy atom. The standard InChI is InChI=1S/C25H20F3N3O5S/c1-17-9-11-18(12-10-17)37(35,36)30-15-20(19-6-2-3-8-22(19)30)24(16-31(33)34,25(26,27)28)14-23(32)21-7-4-5-13-29-21/h2-13,15H,14,16H2,1H3/t24-/m1/s1. The molecule has 37 heavy (non-hydrogen) atoms. The predicted molar refractivity (Wildman–Crippen MR) is 128 cm³/mol. The SMILES string of the molecule is Cc1ccc(S(=O)(=O)n2cc([C@@](CC(=O)c3ccccn3)(C[N+](=O)[O-])C(F)(F)F)c3ccccc32)cc1. The first-order valence-electron chi connectivity index (χ1n) is 10.9. The molecule has 0 aliphatic heterocycles. The predicted octanol–water partition coefficient (Wildman–Crippen LogP) is 4.93. The molecule has 0 radical (unpaired) electrons. The van der Waals surface area contributed by atoms with Gasteiger partial charge in [-0.05, 0) is 37.3 Å². The van der Waals surface area contributed by atoms with Crippen molar-refractivity contribution in [1.82, 2.24) is 8.96 Å². The summed E-state index contributed by atoms with van der Waals surface area (Å²) in [5, 5.41) is 11.4. The monoisotopic (exact) mass is 531 g/mol. The molecule has 2 heterocycles. The highest BCUT2D eigenvalue weighted by Gasteiger charge is 2.62. The quantitative estimate of drug-likeness (QED) is 0.181. The van der Waals surface area contributed by atoms with E-state index in [4.69, 9.17) is 0 Å². The Morgan fingerprint density at radius 2 is 1.68 bits per heavy atom. The third kappa shape index (κ3) is 4.71. The highest BCUT2D eigenvalue weighted by Crippen LogP contribution is 2.48. The summed E-state index contributed by atoms with van der Waals surface area (Å²) in [6, 6.07) is 15.2. The number of nitro groups is 1. The molecule has 4 rings (SSSR count). The van der Waals surface area contributed by atoms with E-state index in [1.54, 1.807) is 6.92 Å². The molecule has 2 aromatic carbocycles. The first kappa shape index (κ1) is 26.0. The average Bonchev–Trinajstić information content (AvgIpc) is 3.24. The topological polar surface area (TPSA) is 112 Å². The van der Waals surface area contributed by atoms with Crippen LogP contribution in [0.1, 0.15) is 28.0 Å². The van der Waals surface area contributed by atoms with Crippen LogP contribution in [0.25, 0.3) is 10.9 Å². The average molecular weight is 532 g/mol. The molecule has 0 fully saturated rings. The van der Waals surface area contributed by atoms with Crippen LogP contribution in [0.15, 0.2) is 84.0 Å². The van der Waals surface area contributed by atoms with Crippen LogP contribution in [0.2, 0.25) is 0 Å². The highest BCUT2D eigenvalue weighted by molar-refractivity contribution is 7.90. The van der Waals surface area contributed by atoms with Crippen LogP contribution in [-0.4, -0.2) is 40.8 Å². The van der Waals surface area contributed by atoms with Crippen molar-refractivity contribution in [1.29, 1.82) is 0 Å². The fourth-order valence-corrected chi connectivity index (χ4v) is 5.62. The fraction of sp³-hybridized carbons (Fsp3) is 0.200. The number of aryl methyl sites for hydroxylation is 1. The van der Waals surface area contributed by atoms with E-state index in [1.807, 2.05) is 0 Å². The zero-order chi connectivity index (χ0) is 27.0. The molecule has 0 aliphatic rings. The van der Waals surface area contributed by atoms with Crippen molar-refractivity contribution in [2.24, 2.45) is 0 Å².